The molecule has 24 heavy (non-hydrogen) atoms. The number of ether oxygens (including phenoxy) is 1. The van der Waals surface area contributed by atoms with E-state index < -0.39 is 6.10 Å². The Balaban J connectivity index is 1.69. The highest BCUT2D eigenvalue weighted by Gasteiger charge is 2.45. The third-order valence-electron chi connectivity index (χ3n) is 6.01. The molecule has 0 aliphatic carbocycles. The number of hydrogen-bond donors (Lipinski definition) is 2. The van der Waals surface area contributed by atoms with E-state index in [2.05, 4.69) is 17.6 Å². The predicted molar refractivity (Wildman–Crippen MR) is 94.2 cm³/mol. The molecule has 0 saturated carbocycles. The standard InChI is InChI=1S/C20H24N2O2/c1-3-13-12-22-9-7-14(13)10-19(22)20(23)16-6-8-21-18-5-4-15(24-2)11-17(16)18/h3-6,8,11,13-14,19-20,23H,1,7,9-10,12H2,2H3/p+1/t13-,14-,19+,20-/m1/s1. The number of aromatic nitrogens is 1. The number of aliphatic hydroxyl groups is 1. The molecule has 5 atom stereocenters. The van der Waals surface area contributed by atoms with E-state index >= 15 is 0 Å². The van der Waals surface area contributed by atoms with Crippen LogP contribution in [0.4, 0.5) is 0 Å². The van der Waals surface area contributed by atoms with Crippen molar-refractivity contribution in [2.45, 2.75) is 25.0 Å². The van der Waals surface area contributed by atoms with E-state index in [1.807, 2.05) is 24.3 Å². The van der Waals surface area contributed by atoms with Gasteiger partial charge in [0, 0.05) is 30.3 Å². The number of nitrogens with zero attached hydrogens (tertiary/aromatic N) is 1. The zero-order chi connectivity index (χ0) is 16.7. The van der Waals surface area contributed by atoms with Crippen molar-refractivity contribution in [1.82, 2.24) is 4.98 Å². The fourth-order valence-electron chi connectivity index (χ4n) is 4.65. The second kappa shape index (κ2) is 6.19. The van der Waals surface area contributed by atoms with Crippen LogP contribution in [0.3, 0.4) is 0 Å². The average Bonchev–Trinajstić information content (AvgIpc) is 2.66. The van der Waals surface area contributed by atoms with Gasteiger partial charge in [-0.2, -0.15) is 0 Å². The lowest BCUT2D eigenvalue weighted by atomic mass is 9.73. The van der Waals surface area contributed by atoms with Crippen LogP contribution in [-0.4, -0.2) is 36.3 Å². The molecule has 126 valence electrons. The summed E-state index contributed by atoms with van der Waals surface area (Å²) in [6.07, 6.45) is 5.76. The summed E-state index contributed by atoms with van der Waals surface area (Å²) in [4.78, 5) is 5.95. The Morgan fingerprint density at radius 3 is 3.00 bits per heavy atom. The van der Waals surface area contributed by atoms with Crippen LogP contribution in [0.2, 0.25) is 0 Å². The number of fused-ring (bicyclic) bond motifs is 4. The quantitative estimate of drug-likeness (QED) is 0.842. The first kappa shape index (κ1) is 15.6. The Bertz CT molecular complexity index is 760. The topological polar surface area (TPSA) is 46.8 Å². The van der Waals surface area contributed by atoms with Gasteiger partial charge in [0.2, 0.25) is 0 Å². The van der Waals surface area contributed by atoms with E-state index in [4.69, 9.17) is 4.74 Å². The molecule has 2 aromatic rings. The number of quaternary nitrogens is 1. The maximum absolute atomic E-state index is 11.2. The van der Waals surface area contributed by atoms with Crippen molar-refractivity contribution in [1.29, 1.82) is 0 Å². The van der Waals surface area contributed by atoms with Crippen LogP contribution in [0.25, 0.3) is 10.9 Å². The van der Waals surface area contributed by atoms with Crippen molar-refractivity contribution in [2.24, 2.45) is 11.8 Å². The first-order valence-corrected chi connectivity index (χ1v) is 8.79. The van der Waals surface area contributed by atoms with Gasteiger partial charge in [-0.1, -0.05) is 6.08 Å². The first-order valence-electron chi connectivity index (χ1n) is 8.79. The summed E-state index contributed by atoms with van der Waals surface area (Å²) in [7, 11) is 1.67. The second-order valence-corrected chi connectivity index (χ2v) is 7.13. The van der Waals surface area contributed by atoms with Gasteiger partial charge in [-0.3, -0.25) is 4.98 Å². The van der Waals surface area contributed by atoms with Crippen molar-refractivity contribution in [3.63, 3.8) is 0 Å². The van der Waals surface area contributed by atoms with E-state index in [-0.39, 0.29) is 6.04 Å². The fraction of sp³-hybridized carbons (Fsp3) is 0.450. The van der Waals surface area contributed by atoms with Gasteiger partial charge in [-0.25, -0.2) is 0 Å². The van der Waals surface area contributed by atoms with Crippen LogP contribution < -0.4 is 9.64 Å². The SMILES string of the molecule is C=C[C@@H]1C[NH+]2CC[C@@H]1C[C@H]2[C@H](O)c1ccnc2ccc(OC)cc12. The molecule has 3 saturated heterocycles. The minimum atomic E-state index is -0.467. The van der Waals surface area contributed by atoms with Gasteiger partial charge in [0.25, 0.3) is 0 Å². The molecule has 4 nitrogen and oxygen atoms in total. The highest BCUT2D eigenvalue weighted by Crippen LogP contribution is 2.34. The lowest BCUT2D eigenvalue weighted by Gasteiger charge is -2.47. The monoisotopic (exact) mass is 325 g/mol. The highest BCUT2D eigenvalue weighted by atomic mass is 16.5. The zero-order valence-electron chi connectivity index (χ0n) is 14.1. The number of benzene rings is 1. The molecule has 0 radical (unpaired) electrons. The number of rotatable bonds is 4. The van der Waals surface area contributed by atoms with Crippen molar-refractivity contribution in [3.05, 3.63) is 48.7 Å². The molecule has 0 spiro atoms. The van der Waals surface area contributed by atoms with Crippen LogP contribution >= 0.6 is 0 Å². The normalized spacial score (nSPS) is 30.2. The number of aliphatic hydroxyl groups excluding tert-OH is 1. The van der Waals surface area contributed by atoms with Crippen molar-refractivity contribution in [2.75, 3.05) is 20.2 Å². The van der Waals surface area contributed by atoms with Crippen LogP contribution in [0.5, 0.6) is 5.75 Å². The van der Waals surface area contributed by atoms with Crippen molar-refractivity contribution in [3.8, 4) is 5.75 Å². The van der Waals surface area contributed by atoms with E-state index in [1.165, 1.54) is 11.3 Å². The number of pyridine rings is 1. The molecule has 0 amide bonds. The maximum Gasteiger partial charge on any atom is 0.131 e. The summed E-state index contributed by atoms with van der Waals surface area (Å²) in [6, 6.07) is 8.08. The second-order valence-electron chi connectivity index (χ2n) is 7.13. The lowest BCUT2D eigenvalue weighted by molar-refractivity contribution is -0.949. The molecule has 3 fully saturated rings. The Morgan fingerprint density at radius 2 is 2.29 bits per heavy atom. The Kier molecular flexibility index (Phi) is 4.02. The third-order valence-corrected chi connectivity index (χ3v) is 6.01. The molecule has 1 aromatic heterocycles. The molecular weight excluding hydrogens is 300 g/mol. The molecule has 4 heterocycles. The van der Waals surface area contributed by atoms with Gasteiger partial charge in [-0.15, -0.1) is 6.58 Å². The molecular formula is C20H25N2O2+. The van der Waals surface area contributed by atoms with Crippen molar-refractivity contribution < 1.29 is 14.7 Å². The summed E-state index contributed by atoms with van der Waals surface area (Å²) in [5.41, 5.74) is 1.88. The summed E-state index contributed by atoms with van der Waals surface area (Å²) >= 11 is 0. The Labute approximate surface area is 142 Å². The molecule has 1 unspecified atom stereocenters. The van der Waals surface area contributed by atoms with Crippen LogP contribution in [0, 0.1) is 11.8 Å². The van der Waals surface area contributed by atoms with Crippen LogP contribution in [0.1, 0.15) is 24.5 Å². The lowest BCUT2D eigenvalue weighted by Crippen LogP contribution is -3.20. The molecule has 3 aliphatic rings. The third kappa shape index (κ3) is 2.50. The minimum Gasteiger partial charge on any atom is -0.497 e. The molecule has 2 bridgehead atoms. The van der Waals surface area contributed by atoms with E-state index in [0.717, 1.165) is 41.7 Å². The molecule has 1 aromatic carbocycles. The molecule has 3 aliphatic heterocycles. The summed E-state index contributed by atoms with van der Waals surface area (Å²) in [5, 5.41) is 12.2. The molecule has 5 rings (SSSR count). The summed E-state index contributed by atoms with van der Waals surface area (Å²) < 4.78 is 5.35. The molecule has 4 heteroatoms. The number of nitrogens with one attached hydrogen (secondary N) is 1. The van der Waals surface area contributed by atoms with E-state index in [0.29, 0.717) is 11.8 Å². The summed E-state index contributed by atoms with van der Waals surface area (Å²) in [5.74, 6) is 2.07. The maximum atomic E-state index is 11.2. The predicted octanol–water partition coefficient (Wildman–Crippen LogP) is 1.76. The Hall–Kier alpha value is -1.91. The summed E-state index contributed by atoms with van der Waals surface area (Å²) in [6.45, 7) is 6.25. The average molecular weight is 325 g/mol. The van der Waals surface area contributed by atoms with E-state index in [9.17, 15) is 5.11 Å². The van der Waals surface area contributed by atoms with Gasteiger partial charge < -0.3 is 14.7 Å². The molecule has 2 N–H and O–H groups in total. The van der Waals surface area contributed by atoms with E-state index in [1.54, 1.807) is 13.3 Å². The Morgan fingerprint density at radius 1 is 1.42 bits per heavy atom. The smallest absolute Gasteiger partial charge is 0.131 e. The van der Waals surface area contributed by atoms with Crippen LogP contribution in [-0.2, 0) is 0 Å². The minimum absolute atomic E-state index is 0.261. The largest absolute Gasteiger partial charge is 0.497 e. The zero-order valence-corrected chi connectivity index (χ0v) is 14.1. The van der Waals surface area contributed by atoms with Gasteiger partial charge in [0.15, 0.2) is 0 Å². The first-order chi connectivity index (χ1) is 11.7. The van der Waals surface area contributed by atoms with Crippen LogP contribution in [0.15, 0.2) is 43.1 Å². The number of hydrogen-bond acceptors (Lipinski definition) is 3. The van der Waals surface area contributed by atoms with Gasteiger partial charge >= 0.3 is 0 Å². The highest BCUT2D eigenvalue weighted by molar-refractivity contribution is 5.83. The fourth-order valence-corrected chi connectivity index (χ4v) is 4.65. The van der Waals surface area contributed by atoms with Gasteiger partial charge in [0.1, 0.15) is 17.9 Å². The van der Waals surface area contributed by atoms with Gasteiger partial charge in [0.05, 0.1) is 25.7 Å². The number of piperidine rings is 3. The van der Waals surface area contributed by atoms with Gasteiger partial charge in [-0.05, 0) is 35.7 Å². The number of methoxy groups -OCH3 is 1. The van der Waals surface area contributed by atoms with Crippen molar-refractivity contribution >= 4 is 10.9 Å².